The molecule has 1 atom stereocenters. The van der Waals surface area contributed by atoms with Gasteiger partial charge in [-0.3, -0.25) is 4.79 Å². The molecule has 0 aromatic carbocycles. The molecule has 1 aliphatic rings. The minimum Gasteiger partial charge on any atom is -0.496 e. The van der Waals surface area contributed by atoms with E-state index in [1.165, 1.54) is 11.3 Å². The zero-order valence-electron chi connectivity index (χ0n) is 11.0. The summed E-state index contributed by atoms with van der Waals surface area (Å²) >= 11 is 1.33. The second-order valence-corrected chi connectivity index (χ2v) is 5.17. The number of carbonyl (C=O) groups is 2. The maximum Gasteiger partial charge on any atom is 0.328 e. The number of esters is 1. The Labute approximate surface area is 116 Å². The van der Waals surface area contributed by atoms with Gasteiger partial charge in [-0.2, -0.15) is 0 Å². The highest BCUT2D eigenvalue weighted by Gasteiger charge is 2.36. The lowest BCUT2D eigenvalue weighted by Crippen LogP contribution is -2.41. The highest BCUT2D eigenvalue weighted by Crippen LogP contribution is 2.26. The molecule has 1 aromatic heterocycles. The third-order valence-corrected chi connectivity index (χ3v) is 3.99. The number of hydrogen-bond acceptors (Lipinski definition) is 5. The standard InChI is InChI=1S/C13H17NO4S/c1-3-18-13(16)10-5-4-6-14(10)12(15)11-7-9(17-2)8-19-11/h7-8,10H,3-6H2,1-2H3. The third-order valence-electron chi connectivity index (χ3n) is 3.09. The van der Waals surface area contributed by atoms with Gasteiger partial charge >= 0.3 is 5.97 Å². The van der Waals surface area contributed by atoms with E-state index in [4.69, 9.17) is 9.47 Å². The molecule has 1 unspecified atom stereocenters. The maximum atomic E-state index is 12.4. The summed E-state index contributed by atoms with van der Waals surface area (Å²) in [6.07, 6.45) is 1.50. The van der Waals surface area contributed by atoms with Gasteiger partial charge in [0.2, 0.25) is 0 Å². The molecule has 1 aliphatic heterocycles. The van der Waals surface area contributed by atoms with Gasteiger partial charge in [-0.15, -0.1) is 11.3 Å². The van der Waals surface area contributed by atoms with E-state index in [0.717, 1.165) is 6.42 Å². The van der Waals surface area contributed by atoms with Gasteiger partial charge in [0.15, 0.2) is 0 Å². The third kappa shape index (κ3) is 2.89. The van der Waals surface area contributed by atoms with Gasteiger partial charge in [-0.1, -0.05) is 0 Å². The number of thiophene rings is 1. The number of nitrogens with zero attached hydrogens (tertiary/aromatic N) is 1. The SMILES string of the molecule is CCOC(=O)C1CCCN1C(=O)c1cc(OC)cs1. The molecule has 1 aromatic rings. The van der Waals surface area contributed by atoms with Crippen molar-refractivity contribution in [2.24, 2.45) is 0 Å². The Bertz CT molecular complexity index is 471. The fourth-order valence-corrected chi connectivity index (χ4v) is 2.98. The summed E-state index contributed by atoms with van der Waals surface area (Å²) in [5.74, 6) is 0.237. The molecule has 0 radical (unpaired) electrons. The molecule has 0 N–H and O–H groups in total. The van der Waals surface area contributed by atoms with Crippen molar-refractivity contribution in [3.05, 3.63) is 16.3 Å². The molecule has 19 heavy (non-hydrogen) atoms. The summed E-state index contributed by atoms with van der Waals surface area (Å²) in [5.41, 5.74) is 0. The lowest BCUT2D eigenvalue weighted by molar-refractivity contribution is -0.147. The van der Waals surface area contributed by atoms with E-state index < -0.39 is 6.04 Å². The number of ether oxygens (including phenoxy) is 2. The van der Waals surface area contributed by atoms with Crippen molar-refractivity contribution in [3.63, 3.8) is 0 Å². The van der Waals surface area contributed by atoms with Crippen LogP contribution in [0, 0.1) is 0 Å². The molecule has 2 rings (SSSR count). The van der Waals surface area contributed by atoms with Crippen molar-refractivity contribution in [3.8, 4) is 5.75 Å². The predicted octanol–water partition coefficient (Wildman–Crippen LogP) is 1.92. The maximum absolute atomic E-state index is 12.4. The molecule has 0 saturated carbocycles. The van der Waals surface area contributed by atoms with Crippen LogP contribution in [0.15, 0.2) is 11.4 Å². The topological polar surface area (TPSA) is 55.8 Å². The summed E-state index contributed by atoms with van der Waals surface area (Å²) in [6, 6.07) is 1.26. The lowest BCUT2D eigenvalue weighted by atomic mass is 10.2. The number of carbonyl (C=O) groups excluding carboxylic acids is 2. The molecule has 0 aliphatic carbocycles. The van der Waals surface area contributed by atoms with Crippen LogP contribution in [0.2, 0.25) is 0 Å². The van der Waals surface area contributed by atoms with E-state index in [0.29, 0.717) is 30.2 Å². The smallest absolute Gasteiger partial charge is 0.328 e. The molecule has 1 saturated heterocycles. The normalized spacial score (nSPS) is 18.4. The van der Waals surface area contributed by atoms with Crippen molar-refractivity contribution in [2.75, 3.05) is 20.3 Å². The van der Waals surface area contributed by atoms with Crippen molar-refractivity contribution in [1.29, 1.82) is 0 Å². The molecule has 0 spiro atoms. The highest BCUT2D eigenvalue weighted by molar-refractivity contribution is 7.12. The summed E-state index contributed by atoms with van der Waals surface area (Å²) < 4.78 is 10.1. The minimum atomic E-state index is -0.444. The highest BCUT2D eigenvalue weighted by atomic mass is 32.1. The van der Waals surface area contributed by atoms with Gasteiger partial charge in [0.05, 0.1) is 18.6 Å². The minimum absolute atomic E-state index is 0.121. The van der Waals surface area contributed by atoms with Gasteiger partial charge < -0.3 is 14.4 Å². The fourth-order valence-electron chi connectivity index (χ4n) is 2.17. The van der Waals surface area contributed by atoms with E-state index >= 15 is 0 Å². The number of rotatable bonds is 4. The fraction of sp³-hybridized carbons (Fsp3) is 0.538. The van der Waals surface area contributed by atoms with Crippen LogP contribution in [0.4, 0.5) is 0 Å². The van der Waals surface area contributed by atoms with E-state index in [2.05, 4.69) is 0 Å². The van der Waals surface area contributed by atoms with Crippen LogP contribution in [0.3, 0.4) is 0 Å². The Kier molecular flexibility index (Phi) is 4.42. The van der Waals surface area contributed by atoms with Crippen LogP contribution in [-0.2, 0) is 9.53 Å². The number of hydrogen-bond donors (Lipinski definition) is 0. The summed E-state index contributed by atoms with van der Waals surface area (Å²) in [4.78, 5) is 26.4. The first kappa shape index (κ1) is 13.9. The number of likely N-dealkylation sites (tertiary alicyclic amines) is 1. The van der Waals surface area contributed by atoms with Crippen LogP contribution < -0.4 is 4.74 Å². The van der Waals surface area contributed by atoms with Crippen molar-refractivity contribution >= 4 is 23.2 Å². The van der Waals surface area contributed by atoms with E-state index in [9.17, 15) is 9.59 Å². The van der Waals surface area contributed by atoms with E-state index in [1.807, 2.05) is 0 Å². The zero-order valence-corrected chi connectivity index (χ0v) is 11.9. The molecule has 104 valence electrons. The summed E-state index contributed by atoms with van der Waals surface area (Å²) in [6.45, 7) is 2.70. The second-order valence-electron chi connectivity index (χ2n) is 4.26. The number of amides is 1. The molecular weight excluding hydrogens is 266 g/mol. The zero-order chi connectivity index (χ0) is 13.8. The van der Waals surface area contributed by atoms with Gasteiger partial charge in [0.1, 0.15) is 11.8 Å². The molecule has 6 heteroatoms. The molecule has 5 nitrogen and oxygen atoms in total. The summed E-state index contributed by atoms with van der Waals surface area (Å²) in [7, 11) is 1.56. The average molecular weight is 283 g/mol. The van der Waals surface area contributed by atoms with Crippen molar-refractivity contribution in [1.82, 2.24) is 4.90 Å². The van der Waals surface area contributed by atoms with Gasteiger partial charge in [-0.25, -0.2) is 4.79 Å². The van der Waals surface area contributed by atoms with Crippen LogP contribution >= 0.6 is 11.3 Å². The first-order valence-corrected chi connectivity index (χ1v) is 7.15. The average Bonchev–Trinajstić information content (AvgIpc) is 3.07. The Balaban J connectivity index is 2.11. The Hall–Kier alpha value is -1.56. The molecule has 1 fully saturated rings. The van der Waals surface area contributed by atoms with Gasteiger partial charge in [0.25, 0.3) is 5.91 Å². The second kappa shape index (κ2) is 6.06. The Morgan fingerprint density at radius 3 is 2.95 bits per heavy atom. The van der Waals surface area contributed by atoms with Crippen LogP contribution in [0.5, 0.6) is 5.75 Å². The molecule has 1 amide bonds. The Morgan fingerprint density at radius 2 is 2.32 bits per heavy atom. The Morgan fingerprint density at radius 1 is 1.53 bits per heavy atom. The van der Waals surface area contributed by atoms with Crippen LogP contribution in [-0.4, -0.2) is 43.1 Å². The number of methoxy groups -OCH3 is 1. The lowest BCUT2D eigenvalue weighted by Gasteiger charge is -2.22. The van der Waals surface area contributed by atoms with E-state index in [-0.39, 0.29) is 11.9 Å². The molecule has 0 bridgehead atoms. The first-order chi connectivity index (χ1) is 9.17. The van der Waals surface area contributed by atoms with Crippen LogP contribution in [0.25, 0.3) is 0 Å². The van der Waals surface area contributed by atoms with Gasteiger partial charge in [0, 0.05) is 18.0 Å². The van der Waals surface area contributed by atoms with E-state index in [1.54, 1.807) is 30.4 Å². The van der Waals surface area contributed by atoms with Gasteiger partial charge in [-0.05, 0) is 19.8 Å². The largest absolute Gasteiger partial charge is 0.496 e. The summed E-state index contributed by atoms with van der Waals surface area (Å²) in [5, 5.41) is 1.78. The first-order valence-electron chi connectivity index (χ1n) is 6.27. The predicted molar refractivity (Wildman–Crippen MR) is 71.6 cm³/mol. The van der Waals surface area contributed by atoms with Crippen molar-refractivity contribution < 1.29 is 19.1 Å². The molecule has 2 heterocycles. The van der Waals surface area contributed by atoms with Crippen molar-refractivity contribution in [2.45, 2.75) is 25.8 Å². The quantitative estimate of drug-likeness (QED) is 0.792. The monoisotopic (exact) mass is 283 g/mol. The molecular formula is C13H17NO4S. The van der Waals surface area contributed by atoms with Crippen LogP contribution in [0.1, 0.15) is 29.4 Å².